The van der Waals surface area contributed by atoms with Crippen molar-refractivity contribution in [2.75, 3.05) is 13.1 Å². The van der Waals surface area contributed by atoms with E-state index in [1.165, 1.54) is 17.4 Å². The van der Waals surface area contributed by atoms with E-state index in [2.05, 4.69) is 0 Å². The molecule has 2 rings (SSSR count). The molecule has 6 heteroatoms. The van der Waals surface area contributed by atoms with Gasteiger partial charge in [-0.3, -0.25) is 0 Å². The Labute approximate surface area is 136 Å². The van der Waals surface area contributed by atoms with Gasteiger partial charge < -0.3 is 14.4 Å². The summed E-state index contributed by atoms with van der Waals surface area (Å²) in [5.41, 5.74) is 0.411. The third kappa shape index (κ3) is 4.25. The highest BCUT2D eigenvalue weighted by Gasteiger charge is 2.33. The van der Waals surface area contributed by atoms with E-state index in [4.69, 9.17) is 9.47 Å². The number of ether oxygens (including phenoxy) is 2. The molecular formula is C17H22N2O4. The predicted octanol–water partition coefficient (Wildman–Crippen LogP) is 3.17. The van der Waals surface area contributed by atoms with Crippen LogP contribution in [0.1, 0.15) is 37.0 Å². The van der Waals surface area contributed by atoms with Crippen LogP contribution in [0.3, 0.4) is 0 Å². The Morgan fingerprint density at radius 1 is 1.17 bits per heavy atom. The summed E-state index contributed by atoms with van der Waals surface area (Å²) in [4.78, 5) is 27.7. The van der Waals surface area contributed by atoms with Crippen LogP contribution >= 0.6 is 0 Å². The molecule has 0 fully saturated rings. The lowest BCUT2D eigenvalue weighted by Gasteiger charge is -2.29. The van der Waals surface area contributed by atoms with Gasteiger partial charge in [0.2, 0.25) is 0 Å². The Balaban J connectivity index is 2.02. The number of hydrogen-bond donors (Lipinski definition) is 0. The van der Waals surface area contributed by atoms with Crippen LogP contribution in [0, 0.1) is 0 Å². The van der Waals surface area contributed by atoms with E-state index in [1.807, 2.05) is 19.9 Å². The first kappa shape index (κ1) is 16.9. The summed E-state index contributed by atoms with van der Waals surface area (Å²) in [6.07, 6.45) is 3.50. The molecule has 1 unspecified atom stereocenters. The fraction of sp³-hybridized carbons (Fsp3) is 0.412. The molecule has 124 valence electrons. The van der Waals surface area contributed by atoms with E-state index in [0.717, 1.165) is 12.8 Å². The summed E-state index contributed by atoms with van der Waals surface area (Å²) >= 11 is 0. The minimum absolute atomic E-state index is 0.228. The van der Waals surface area contributed by atoms with E-state index in [1.54, 1.807) is 29.2 Å². The smallest absolute Gasteiger partial charge is 0.342 e. The van der Waals surface area contributed by atoms with Gasteiger partial charge in [-0.25, -0.2) is 14.5 Å². The molecule has 1 heterocycles. The molecule has 0 bridgehead atoms. The Kier molecular flexibility index (Phi) is 6.02. The van der Waals surface area contributed by atoms with Gasteiger partial charge in [0.15, 0.2) is 0 Å². The maximum absolute atomic E-state index is 12.6. The van der Waals surface area contributed by atoms with Crippen LogP contribution in [0.25, 0.3) is 0 Å². The topological polar surface area (TPSA) is 59.1 Å². The van der Waals surface area contributed by atoms with E-state index in [0.29, 0.717) is 18.7 Å². The lowest BCUT2D eigenvalue weighted by atomic mass is 10.2. The van der Waals surface area contributed by atoms with Crippen LogP contribution in [0.15, 0.2) is 42.8 Å². The van der Waals surface area contributed by atoms with Crippen molar-refractivity contribution in [1.29, 1.82) is 0 Å². The molecule has 1 aliphatic heterocycles. The van der Waals surface area contributed by atoms with Crippen molar-refractivity contribution in [3.63, 3.8) is 0 Å². The van der Waals surface area contributed by atoms with Crippen molar-refractivity contribution >= 4 is 12.0 Å². The fourth-order valence-electron chi connectivity index (χ4n) is 2.28. The Hall–Kier alpha value is -2.50. The highest BCUT2D eigenvalue weighted by Crippen LogP contribution is 2.17. The van der Waals surface area contributed by atoms with Crippen LogP contribution in [-0.2, 0) is 9.47 Å². The maximum atomic E-state index is 12.6. The highest BCUT2D eigenvalue weighted by molar-refractivity contribution is 5.89. The number of hydrogen-bond acceptors (Lipinski definition) is 4. The first-order valence-electron chi connectivity index (χ1n) is 7.82. The van der Waals surface area contributed by atoms with Crippen molar-refractivity contribution < 1.29 is 19.1 Å². The van der Waals surface area contributed by atoms with Crippen molar-refractivity contribution in [3.05, 3.63) is 48.4 Å². The standard InChI is InChI=1S/C17H22N2O4/c1-3-10-18(11-4-2)16(21)19-12-13-22-17(19)23-15(20)14-8-6-5-7-9-14/h5-9,12-13,17H,3-4,10-11H2,1-2H3. The number of carbonyl (C=O) groups excluding carboxylic acids is 2. The quantitative estimate of drug-likeness (QED) is 0.756. The number of esters is 1. The largest absolute Gasteiger partial charge is 0.443 e. The maximum Gasteiger partial charge on any atom is 0.342 e. The minimum Gasteiger partial charge on any atom is -0.443 e. The monoisotopic (exact) mass is 318 g/mol. The van der Waals surface area contributed by atoms with E-state index in [9.17, 15) is 9.59 Å². The van der Waals surface area contributed by atoms with Crippen molar-refractivity contribution in [2.45, 2.75) is 33.1 Å². The normalized spacial score (nSPS) is 16.1. The van der Waals surface area contributed by atoms with Gasteiger partial charge in [-0.1, -0.05) is 32.0 Å². The molecular weight excluding hydrogens is 296 g/mol. The molecule has 2 amide bonds. The number of nitrogens with zero attached hydrogens (tertiary/aromatic N) is 2. The van der Waals surface area contributed by atoms with Gasteiger partial charge >= 0.3 is 18.4 Å². The molecule has 0 radical (unpaired) electrons. The lowest BCUT2D eigenvalue weighted by molar-refractivity contribution is -0.116. The lowest BCUT2D eigenvalue weighted by Crippen LogP contribution is -2.46. The third-order valence-corrected chi connectivity index (χ3v) is 3.34. The number of carbonyl (C=O) groups is 2. The average molecular weight is 318 g/mol. The number of urea groups is 1. The molecule has 0 saturated heterocycles. The van der Waals surface area contributed by atoms with Crippen molar-refractivity contribution in [1.82, 2.24) is 9.80 Å². The van der Waals surface area contributed by atoms with E-state index in [-0.39, 0.29) is 6.03 Å². The molecule has 1 aromatic carbocycles. The third-order valence-electron chi connectivity index (χ3n) is 3.34. The first-order valence-corrected chi connectivity index (χ1v) is 7.82. The molecule has 6 nitrogen and oxygen atoms in total. The summed E-state index contributed by atoms with van der Waals surface area (Å²) in [5, 5.41) is 0. The summed E-state index contributed by atoms with van der Waals surface area (Å²) in [6.45, 7) is 5.32. The van der Waals surface area contributed by atoms with Crippen LogP contribution in [0.2, 0.25) is 0 Å². The summed E-state index contributed by atoms with van der Waals surface area (Å²) in [5.74, 6) is -0.533. The fourth-order valence-corrected chi connectivity index (χ4v) is 2.28. The highest BCUT2D eigenvalue weighted by atomic mass is 16.7. The Bertz CT molecular complexity index is 553. The molecule has 1 atom stereocenters. The summed E-state index contributed by atoms with van der Waals surface area (Å²) < 4.78 is 10.5. The molecule has 23 heavy (non-hydrogen) atoms. The van der Waals surface area contributed by atoms with Crippen LogP contribution in [-0.4, -0.2) is 41.3 Å². The van der Waals surface area contributed by atoms with Crippen molar-refractivity contribution in [3.8, 4) is 0 Å². The van der Waals surface area contributed by atoms with Gasteiger partial charge in [0.1, 0.15) is 6.26 Å². The SMILES string of the molecule is CCCN(CCC)C(=O)N1C=COC1OC(=O)c1ccccc1. The van der Waals surface area contributed by atoms with Gasteiger partial charge in [-0.15, -0.1) is 0 Å². The second-order valence-corrected chi connectivity index (χ2v) is 5.18. The second kappa shape index (κ2) is 8.22. The molecule has 1 aromatic rings. The Morgan fingerprint density at radius 2 is 1.83 bits per heavy atom. The number of amides is 2. The number of rotatable bonds is 6. The van der Waals surface area contributed by atoms with E-state index < -0.39 is 12.4 Å². The molecule has 0 spiro atoms. The molecule has 0 aliphatic carbocycles. The van der Waals surface area contributed by atoms with Gasteiger partial charge in [0.05, 0.1) is 11.8 Å². The molecule has 0 N–H and O–H groups in total. The molecule has 0 aromatic heterocycles. The van der Waals surface area contributed by atoms with Gasteiger partial charge in [-0.2, -0.15) is 0 Å². The Morgan fingerprint density at radius 3 is 2.43 bits per heavy atom. The second-order valence-electron chi connectivity index (χ2n) is 5.18. The van der Waals surface area contributed by atoms with Gasteiger partial charge in [-0.05, 0) is 25.0 Å². The van der Waals surface area contributed by atoms with Crippen LogP contribution in [0.5, 0.6) is 0 Å². The molecule has 1 aliphatic rings. The summed E-state index contributed by atoms with van der Waals surface area (Å²) in [6, 6.07) is 8.38. The number of benzene rings is 1. The van der Waals surface area contributed by atoms with Crippen molar-refractivity contribution in [2.24, 2.45) is 0 Å². The zero-order chi connectivity index (χ0) is 16.7. The molecule has 0 saturated carbocycles. The van der Waals surface area contributed by atoms with Crippen LogP contribution < -0.4 is 0 Å². The van der Waals surface area contributed by atoms with Gasteiger partial charge in [0, 0.05) is 13.1 Å². The minimum atomic E-state index is -1.06. The predicted molar refractivity (Wildman–Crippen MR) is 85.3 cm³/mol. The zero-order valence-corrected chi connectivity index (χ0v) is 13.5. The van der Waals surface area contributed by atoms with E-state index >= 15 is 0 Å². The zero-order valence-electron chi connectivity index (χ0n) is 13.5. The van der Waals surface area contributed by atoms with Crippen LogP contribution in [0.4, 0.5) is 4.79 Å². The average Bonchev–Trinajstić information content (AvgIpc) is 3.03. The summed E-state index contributed by atoms with van der Waals surface area (Å²) in [7, 11) is 0. The van der Waals surface area contributed by atoms with Gasteiger partial charge in [0.25, 0.3) is 0 Å². The first-order chi connectivity index (χ1) is 11.2.